The Morgan fingerprint density at radius 1 is 1.08 bits per heavy atom. The lowest BCUT2D eigenvalue weighted by molar-refractivity contribution is -0.131. The van der Waals surface area contributed by atoms with Crippen molar-refractivity contribution < 1.29 is 17.6 Å². The van der Waals surface area contributed by atoms with Gasteiger partial charge in [0.2, 0.25) is 15.9 Å². The molecule has 0 unspecified atom stereocenters. The highest BCUT2D eigenvalue weighted by Gasteiger charge is 2.31. The van der Waals surface area contributed by atoms with Gasteiger partial charge in [-0.2, -0.15) is 4.31 Å². The van der Waals surface area contributed by atoms with Crippen molar-refractivity contribution >= 4 is 27.3 Å². The number of hydrogen-bond acceptors (Lipinski definition) is 4. The minimum atomic E-state index is -3.87. The molecule has 24 heavy (non-hydrogen) atoms. The van der Waals surface area contributed by atoms with Gasteiger partial charge in [-0.25, -0.2) is 12.8 Å². The van der Waals surface area contributed by atoms with Crippen LogP contribution >= 0.6 is 11.3 Å². The highest BCUT2D eigenvalue weighted by atomic mass is 32.2. The van der Waals surface area contributed by atoms with Crippen LogP contribution in [0.3, 0.4) is 0 Å². The Balaban J connectivity index is 1.64. The lowest BCUT2D eigenvalue weighted by Gasteiger charge is -2.34. The molecule has 1 fully saturated rings. The van der Waals surface area contributed by atoms with E-state index in [1.807, 2.05) is 17.5 Å². The molecule has 0 N–H and O–H groups in total. The molecule has 1 aromatic heterocycles. The van der Waals surface area contributed by atoms with Crippen molar-refractivity contribution in [2.75, 3.05) is 26.2 Å². The molecule has 0 spiro atoms. The third kappa shape index (κ3) is 3.50. The van der Waals surface area contributed by atoms with Gasteiger partial charge in [0.25, 0.3) is 0 Å². The van der Waals surface area contributed by atoms with Gasteiger partial charge in [0.05, 0.1) is 6.42 Å². The van der Waals surface area contributed by atoms with Gasteiger partial charge in [-0.1, -0.05) is 18.2 Å². The standard InChI is InChI=1S/C16H17FN2O3S2/c17-14-5-1-2-6-15(14)24(21,22)19-9-7-18(8-10-19)16(20)12-13-4-3-11-23-13/h1-6,11H,7-10,12H2. The zero-order chi connectivity index (χ0) is 17.2. The van der Waals surface area contributed by atoms with Gasteiger partial charge < -0.3 is 4.90 Å². The van der Waals surface area contributed by atoms with Gasteiger partial charge in [0.1, 0.15) is 10.7 Å². The molecule has 0 aliphatic carbocycles. The van der Waals surface area contributed by atoms with E-state index in [9.17, 15) is 17.6 Å². The van der Waals surface area contributed by atoms with Crippen LogP contribution in [-0.4, -0.2) is 49.7 Å². The molecule has 1 amide bonds. The zero-order valence-corrected chi connectivity index (χ0v) is 14.5. The Bertz CT molecular complexity index is 814. The van der Waals surface area contributed by atoms with Crippen molar-refractivity contribution in [1.29, 1.82) is 0 Å². The number of carbonyl (C=O) groups excluding carboxylic acids is 1. The van der Waals surface area contributed by atoms with E-state index >= 15 is 0 Å². The predicted molar refractivity (Wildman–Crippen MR) is 89.8 cm³/mol. The van der Waals surface area contributed by atoms with Crippen LogP contribution in [0.4, 0.5) is 4.39 Å². The fourth-order valence-electron chi connectivity index (χ4n) is 2.64. The van der Waals surface area contributed by atoms with Crippen LogP contribution in [0.5, 0.6) is 0 Å². The van der Waals surface area contributed by atoms with E-state index in [1.54, 1.807) is 4.90 Å². The fourth-order valence-corrected chi connectivity index (χ4v) is 4.83. The monoisotopic (exact) mass is 368 g/mol. The van der Waals surface area contributed by atoms with Crippen LogP contribution < -0.4 is 0 Å². The molecule has 0 radical (unpaired) electrons. The summed E-state index contributed by atoms with van der Waals surface area (Å²) in [6.45, 7) is 0.982. The van der Waals surface area contributed by atoms with Crippen LogP contribution in [0.15, 0.2) is 46.7 Å². The molecule has 5 nitrogen and oxygen atoms in total. The first-order chi connectivity index (χ1) is 11.5. The smallest absolute Gasteiger partial charge is 0.246 e. The van der Waals surface area contributed by atoms with Gasteiger partial charge in [0.15, 0.2) is 0 Å². The molecular formula is C16H17FN2O3S2. The summed E-state index contributed by atoms with van der Waals surface area (Å²) in [5.74, 6) is -0.769. The first-order valence-electron chi connectivity index (χ1n) is 7.53. The second-order valence-corrected chi connectivity index (χ2v) is 8.41. The van der Waals surface area contributed by atoms with Crippen molar-refractivity contribution in [2.24, 2.45) is 0 Å². The van der Waals surface area contributed by atoms with E-state index < -0.39 is 15.8 Å². The van der Waals surface area contributed by atoms with E-state index in [0.29, 0.717) is 19.5 Å². The maximum absolute atomic E-state index is 13.8. The maximum Gasteiger partial charge on any atom is 0.246 e. The molecule has 2 aromatic rings. The van der Waals surface area contributed by atoms with E-state index in [2.05, 4.69) is 0 Å². The van der Waals surface area contributed by atoms with Crippen LogP contribution in [0.1, 0.15) is 4.88 Å². The maximum atomic E-state index is 13.8. The number of benzene rings is 1. The average Bonchev–Trinajstić information content (AvgIpc) is 3.08. The summed E-state index contributed by atoms with van der Waals surface area (Å²) in [6.07, 6.45) is 0.331. The summed E-state index contributed by atoms with van der Waals surface area (Å²) in [6, 6.07) is 9.15. The Morgan fingerprint density at radius 3 is 2.42 bits per heavy atom. The number of hydrogen-bond donors (Lipinski definition) is 0. The largest absolute Gasteiger partial charge is 0.340 e. The summed E-state index contributed by atoms with van der Waals surface area (Å²) >= 11 is 1.52. The molecule has 0 atom stereocenters. The van der Waals surface area contributed by atoms with Gasteiger partial charge >= 0.3 is 0 Å². The summed E-state index contributed by atoms with van der Waals surface area (Å²) < 4.78 is 40.1. The molecule has 1 aliphatic heterocycles. The number of sulfonamides is 1. The fraction of sp³-hybridized carbons (Fsp3) is 0.312. The minimum absolute atomic E-state index is 0.0135. The molecule has 1 aliphatic rings. The first kappa shape index (κ1) is 17.1. The van der Waals surface area contributed by atoms with Gasteiger partial charge in [0, 0.05) is 31.1 Å². The topological polar surface area (TPSA) is 57.7 Å². The number of nitrogens with zero attached hydrogens (tertiary/aromatic N) is 2. The predicted octanol–water partition coefficient (Wildman–Crippen LogP) is 1.96. The highest BCUT2D eigenvalue weighted by Crippen LogP contribution is 2.21. The third-order valence-electron chi connectivity index (χ3n) is 3.95. The number of piperazine rings is 1. The summed E-state index contributed by atoms with van der Waals surface area (Å²) in [7, 11) is -3.87. The second-order valence-electron chi connectivity index (χ2n) is 5.47. The number of carbonyl (C=O) groups is 1. The van der Waals surface area contributed by atoms with E-state index in [4.69, 9.17) is 0 Å². The first-order valence-corrected chi connectivity index (χ1v) is 9.85. The van der Waals surface area contributed by atoms with Crippen molar-refractivity contribution in [1.82, 2.24) is 9.21 Å². The lowest BCUT2D eigenvalue weighted by atomic mass is 10.3. The molecule has 128 valence electrons. The van der Waals surface area contributed by atoms with E-state index in [0.717, 1.165) is 10.9 Å². The molecule has 0 saturated carbocycles. The van der Waals surface area contributed by atoms with E-state index in [1.165, 1.54) is 33.8 Å². The quantitative estimate of drug-likeness (QED) is 0.829. The van der Waals surface area contributed by atoms with Gasteiger partial charge in [-0.05, 0) is 23.6 Å². The van der Waals surface area contributed by atoms with Crippen LogP contribution in [0.2, 0.25) is 0 Å². The van der Waals surface area contributed by atoms with Crippen molar-refractivity contribution in [2.45, 2.75) is 11.3 Å². The Hall–Kier alpha value is -1.77. The number of thiophene rings is 1. The van der Waals surface area contributed by atoms with Crippen LogP contribution in [-0.2, 0) is 21.2 Å². The molecule has 3 rings (SSSR count). The SMILES string of the molecule is O=C(Cc1cccs1)N1CCN(S(=O)(=O)c2ccccc2F)CC1. The van der Waals surface area contributed by atoms with Gasteiger partial charge in [-0.3, -0.25) is 4.79 Å². The molecule has 0 bridgehead atoms. The minimum Gasteiger partial charge on any atom is -0.340 e. The average molecular weight is 368 g/mol. The van der Waals surface area contributed by atoms with E-state index in [-0.39, 0.29) is 23.9 Å². The molecule has 2 heterocycles. The second kappa shape index (κ2) is 7.00. The lowest BCUT2D eigenvalue weighted by Crippen LogP contribution is -2.50. The van der Waals surface area contributed by atoms with Crippen molar-refractivity contribution in [3.8, 4) is 0 Å². The van der Waals surface area contributed by atoms with Crippen LogP contribution in [0, 0.1) is 5.82 Å². The number of halogens is 1. The van der Waals surface area contributed by atoms with Crippen LogP contribution in [0.25, 0.3) is 0 Å². The summed E-state index contributed by atoms with van der Waals surface area (Å²) in [5, 5.41) is 1.92. The Kier molecular flexibility index (Phi) is 4.98. The summed E-state index contributed by atoms with van der Waals surface area (Å²) in [5.41, 5.74) is 0. The van der Waals surface area contributed by atoms with Gasteiger partial charge in [-0.15, -0.1) is 11.3 Å². The molecule has 8 heteroatoms. The Labute approximate surface area is 144 Å². The number of amides is 1. The van der Waals surface area contributed by atoms with Crippen molar-refractivity contribution in [3.63, 3.8) is 0 Å². The summed E-state index contributed by atoms with van der Waals surface area (Å²) in [4.78, 5) is 14.6. The zero-order valence-electron chi connectivity index (χ0n) is 12.9. The Morgan fingerprint density at radius 2 is 1.79 bits per heavy atom. The highest BCUT2D eigenvalue weighted by molar-refractivity contribution is 7.89. The normalized spacial score (nSPS) is 16.3. The third-order valence-corrected chi connectivity index (χ3v) is 6.76. The number of rotatable bonds is 4. The molecular weight excluding hydrogens is 351 g/mol. The van der Waals surface area contributed by atoms with Crippen molar-refractivity contribution in [3.05, 3.63) is 52.5 Å². The molecule has 1 aromatic carbocycles. The molecule has 1 saturated heterocycles.